The molecule has 2 atom stereocenters. The molecule has 1 heterocycles. The Balaban J connectivity index is 2.05. The highest BCUT2D eigenvalue weighted by atomic mass is 16.3. The molecule has 0 aromatic heterocycles. The van der Waals surface area contributed by atoms with Crippen LogP contribution in [0.3, 0.4) is 0 Å². The Kier molecular flexibility index (Phi) is 2.78. The highest BCUT2D eigenvalue weighted by Gasteiger charge is 2.50. The van der Waals surface area contributed by atoms with Gasteiger partial charge in [0.25, 0.3) is 0 Å². The topological polar surface area (TPSA) is 57.6 Å². The van der Waals surface area contributed by atoms with Crippen molar-refractivity contribution in [3.63, 3.8) is 0 Å². The molecule has 4 nitrogen and oxygen atoms in total. The van der Waals surface area contributed by atoms with E-state index >= 15 is 0 Å². The van der Waals surface area contributed by atoms with Crippen LogP contribution in [0.1, 0.15) is 33.1 Å². The highest BCUT2D eigenvalue weighted by molar-refractivity contribution is 6.04. The number of aliphatic hydroxyl groups excluding tert-OH is 1. The molecular formula is C12H19NO3. The summed E-state index contributed by atoms with van der Waals surface area (Å²) in [6, 6.07) is 0. The lowest BCUT2D eigenvalue weighted by molar-refractivity contribution is -0.140. The summed E-state index contributed by atoms with van der Waals surface area (Å²) in [6.45, 7) is 4.29. The number of carbonyl (C=O) groups is 2. The molecule has 1 saturated heterocycles. The molecule has 1 N–H and O–H groups in total. The van der Waals surface area contributed by atoms with Gasteiger partial charge < -0.3 is 5.11 Å². The average molecular weight is 225 g/mol. The van der Waals surface area contributed by atoms with E-state index in [1.165, 1.54) is 4.90 Å². The molecule has 0 aromatic rings. The van der Waals surface area contributed by atoms with Gasteiger partial charge in [-0.3, -0.25) is 14.5 Å². The quantitative estimate of drug-likeness (QED) is 0.720. The van der Waals surface area contributed by atoms with Gasteiger partial charge >= 0.3 is 0 Å². The normalized spacial score (nSPS) is 32.3. The van der Waals surface area contributed by atoms with Gasteiger partial charge in [-0.05, 0) is 24.7 Å². The van der Waals surface area contributed by atoms with E-state index < -0.39 is 0 Å². The number of rotatable bonds is 4. The Bertz CT molecular complexity index is 302. The largest absolute Gasteiger partial charge is 0.396 e. The highest BCUT2D eigenvalue weighted by Crippen LogP contribution is 2.50. The lowest BCUT2D eigenvalue weighted by Gasteiger charge is -2.21. The van der Waals surface area contributed by atoms with Crippen LogP contribution in [0.15, 0.2) is 0 Å². The molecule has 0 spiro atoms. The number of hydrogen-bond acceptors (Lipinski definition) is 3. The van der Waals surface area contributed by atoms with Gasteiger partial charge in [0.15, 0.2) is 0 Å². The predicted molar refractivity (Wildman–Crippen MR) is 58.4 cm³/mol. The molecule has 2 amide bonds. The van der Waals surface area contributed by atoms with Gasteiger partial charge in [-0.15, -0.1) is 0 Å². The second kappa shape index (κ2) is 3.84. The van der Waals surface area contributed by atoms with Crippen LogP contribution in [0.4, 0.5) is 0 Å². The van der Waals surface area contributed by atoms with Gasteiger partial charge in [0.05, 0.1) is 0 Å². The molecule has 2 unspecified atom stereocenters. The van der Waals surface area contributed by atoms with Crippen LogP contribution in [-0.4, -0.2) is 35.0 Å². The van der Waals surface area contributed by atoms with Gasteiger partial charge in [-0.1, -0.05) is 13.8 Å². The van der Waals surface area contributed by atoms with Crippen LogP contribution in [0.25, 0.3) is 0 Å². The van der Waals surface area contributed by atoms with E-state index in [4.69, 9.17) is 5.11 Å². The molecule has 2 rings (SSSR count). The number of nitrogens with zero attached hydrogens (tertiary/aromatic N) is 1. The molecule has 16 heavy (non-hydrogen) atoms. The summed E-state index contributed by atoms with van der Waals surface area (Å²) in [4.78, 5) is 25.2. The van der Waals surface area contributed by atoms with E-state index in [1.807, 2.05) is 13.8 Å². The van der Waals surface area contributed by atoms with E-state index in [0.29, 0.717) is 13.0 Å². The van der Waals surface area contributed by atoms with E-state index in [9.17, 15) is 9.59 Å². The molecule has 2 aliphatic rings. The van der Waals surface area contributed by atoms with E-state index in [0.717, 1.165) is 12.8 Å². The first-order chi connectivity index (χ1) is 7.51. The summed E-state index contributed by atoms with van der Waals surface area (Å²) < 4.78 is 0. The summed E-state index contributed by atoms with van der Waals surface area (Å²) in [6.07, 6.45) is 2.74. The van der Waals surface area contributed by atoms with Crippen LogP contribution >= 0.6 is 0 Å². The van der Waals surface area contributed by atoms with Crippen molar-refractivity contribution in [3.05, 3.63) is 0 Å². The molecule has 0 radical (unpaired) electrons. The zero-order valence-electron chi connectivity index (χ0n) is 9.90. The maximum atomic E-state index is 11.9. The molecule has 4 heteroatoms. The van der Waals surface area contributed by atoms with E-state index in [2.05, 4.69) is 0 Å². The van der Waals surface area contributed by atoms with Crippen LogP contribution in [-0.2, 0) is 9.59 Å². The Morgan fingerprint density at radius 3 is 2.12 bits per heavy atom. The second-order valence-corrected chi connectivity index (χ2v) is 5.31. The molecule has 0 aromatic carbocycles. The van der Waals surface area contributed by atoms with Gasteiger partial charge in [-0.2, -0.15) is 0 Å². The van der Waals surface area contributed by atoms with Crippen LogP contribution < -0.4 is 0 Å². The fourth-order valence-electron chi connectivity index (χ4n) is 2.42. The third-order valence-electron chi connectivity index (χ3n) is 4.15. The monoisotopic (exact) mass is 225 g/mol. The minimum absolute atomic E-state index is 0.0316. The predicted octanol–water partition coefficient (Wildman–Crippen LogP) is 0.790. The molecule has 1 saturated carbocycles. The van der Waals surface area contributed by atoms with Crippen LogP contribution in [0, 0.1) is 17.3 Å². The summed E-state index contributed by atoms with van der Waals surface area (Å²) in [5, 5.41) is 8.96. The van der Waals surface area contributed by atoms with Crippen molar-refractivity contribution in [2.75, 3.05) is 13.2 Å². The number of carbonyl (C=O) groups excluding carboxylic acids is 2. The van der Waals surface area contributed by atoms with Crippen LogP contribution in [0.2, 0.25) is 0 Å². The Morgan fingerprint density at radius 2 is 1.75 bits per heavy atom. The molecule has 1 aliphatic carbocycles. The van der Waals surface area contributed by atoms with Gasteiger partial charge in [0.1, 0.15) is 0 Å². The minimum Gasteiger partial charge on any atom is -0.396 e. The lowest BCUT2D eigenvalue weighted by atomic mass is 10.00. The van der Waals surface area contributed by atoms with Gasteiger partial charge in [-0.25, -0.2) is 0 Å². The first-order valence-electron chi connectivity index (χ1n) is 5.97. The molecule has 0 bridgehead atoms. The Morgan fingerprint density at radius 1 is 1.25 bits per heavy atom. The fourth-order valence-corrected chi connectivity index (χ4v) is 2.42. The fraction of sp³-hybridized carbons (Fsp3) is 0.833. The maximum absolute atomic E-state index is 11.9. The van der Waals surface area contributed by atoms with E-state index in [1.54, 1.807) is 0 Å². The standard InChI is InChI=1S/C12H19NO3/c1-8-9(2)11(16)13(10(8)15)7-12(3-4-12)5-6-14/h8-9,14H,3-7H2,1-2H3. The summed E-state index contributed by atoms with van der Waals surface area (Å²) in [5.74, 6) is -0.446. The molecule has 2 fully saturated rings. The van der Waals surface area contributed by atoms with E-state index in [-0.39, 0.29) is 35.7 Å². The minimum atomic E-state index is -0.183. The third-order valence-corrected chi connectivity index (χ3v) is 4.15. The molecular weight excluding hydrogens is 206 g/mol. The van der Waals surface area contributed by atoms with Crippen molar-refractivity contribution in [2.45, 2.75) is 33.1 Å². The number of hydrogen-bond donors (Lipinski definition) is 1. The van der Waals surface area contributed by atoms with Gasteiger partial charge in [0, 0.05) is 25.0 Å². The zero-order valence-corrected chi connectivity index (χ0v) is 9.90. The van der Waals surface area contributed by atoms with Gasteiger partial charge in [0.2, 0.25) is 11.8 Å². The van der Waals surface area contributed by atoms with Crippen LogP contribution in [0.5, 0.6) is 0 Å². The SMILES string of the molecule is CC1C(=O)N(CC2(CCO)CC2)C(=O)C1C. The van der Waals surface area contributed by atoms with Crippen molar-refractivity contribution in [2.24, 2.45) is 17.3 Å². The first-order valence-corrected chi connectivity index (χ1v) is 5.97. The third kappa shape index (κ3) is 1.75. The smallest absolute Gasteiger partial charge is 0.232 e. The number of imide groups is 1. The average Bonchev–Trinajstić information content (AvgIpc) is 2.99. The second-order valence-electron chi connectivity index (χ2n) is 5.31. The van der Waals surface area contributed by atoms with Crippen molar-refractivity contribution in [3.8, 4) is 0 Å². The molecule has 90 valence electrons. The lowest BCUT2D eigenvalue weighted by Crippen LogP contribution is -2.36. The number of aliphatic hydroxyl groups is 1. The van der Waals surface area contributed by atoms with Crippen molar-refractivity contribution >= 4 is 11.8 Å². The Hall–Kier alpha value is -0.900. The van der Waals surface area contributed by atoms with Crippen molar-refractivity contribution in [1.29, 1.82) is 0 Å². The summed E-state index contributed by atoms with van der Waals surface area (Å²) in [7, 11) is 0. The number of amides is 2. The molecule has 1 aliphatic heterocycles. The summed E-state index contributed by atoms with van der Waals surface area (Å²) in [5.41, 5.74) is 0.0316. The Labute approximate surface area is 95.6 Å². The van der Waals surface area contributed by atoms with Crippen molar-refractivity contribution < 1.29 is 14.7 Å². The van der Waals surface area contributed by atoms with Crippen molar-refractivity contribution in [1.82, 2.24) is 4.90 Å². The number of likely N-dealkylation sites (tertiary alicyclic amines) is 1. The maximum Gasteiger partial charge on any atom is 0.232 e. The first kappa shape index (κ1) is 11.6. The zero-order chi connectivity index (χ0) is 11.9. The summed E-state index contributed by atoms with van der Waals surface area (Å²) >= 11 is 0.